The third-order valence-corrected chi connectivity index (χ3v) is 9.55. The highest BCUT2D eigenvalue weighted by Crippen LogP contribution is 2.70. The van der Waals surface area contributed by atoms with Gasteiger partial charge in [0.2, 0.25) is 5.78 Å². The van der Waals surface area contributed by atoms with E-state index in [1.165, 1.54) is 12.2 Å². The predicted molar refractivity (Wildman–Crippen MR) is 121 cm³/mol. The molecule has 0 aromatic heterocycles. The van der Waals surface area contributed by atoms with Crippen molar-refractivity contribution in [3.63, 3.8) is 0 Å². The second-order valence-electron chi connectivity index (χ2n) is 11.1. The molecule has 0 radical (unpaired) electrons. The average molecular weight is 493 g/mol. The molecule has 0 spiro atoms. The zero-order valence-corrected chi connectivity index (χ0v) is 20.3. The number of ether oxygens (including phenoxy) is 1. The maximum absolute atomic E-state index is 17.1. The van der Waals surface area contributed by atoms with E-state index in [9.17, 15) is 29.4 Å². The molecule has 3 saturated carbocycles. The van der Waals surface area contributed by atoms with Crippen LogP contribution in [0.25, 0.3) is 0 Å². The molecule has 0 saturated heterocycles. The molecule has 4 rings (SSSR count). The number of alkyl halides is 1. The second-order valence-corrected chi connectivity index (χ2v) is 11.1. The highest BCUT2D eigenvalue weighted by Gasteiger charge is 2.75. The van der Waals surface area contributed by atoms with Gasteiger partial charge in [-0.2, -0.15) is 0 Å². The van der Waals surface area contributed by atoms with E-state index in [4.69, 9.17) is 9.84 Å². The minimum absolute atomic E-state index is 0.172. The monoisotopic (exact) mass is 492 g/mol. The van der Waals surface area contributed by atoms with Crippen LogP contribution in [0.1, 0.15) is 59.3 Å². The number of hydrogen-bond acceptors (Lipinski definition) is 7. The van der Waals surface area contributed by atoms with Gasteiger partial charge in [-0.3, -0.25) is 19.2 Å². The van der Waals surface area contributed by atoms with E-state index in [-0.39, 0.29) is 12.2 Å². The number of fused-ring (bicyclic) bond motifs is 5. The molecule has 0 aromatic carbocycles. The molecule has 8 atom stereocenters. The smallest absolute Gasteiger partial charge is 0.306 e. The van der Waals surface area contributed by atoms with Crippen LogP contribution in [0.5, 0.6) is 0 Å². The number of halogens is 1. The SMILES string of the molecule is C[C@H]1C[C@H]2[C@@H]3CCC4=CC(=O)C=C[C@]4(C)[C@]3(F)[C@@H](O)C[C@]2(C)[C@@]1(O)C(=O)COC(=O)CCC(=O)O. The Balaban J connectivity index is 1.62. The van der Waals surface area contributed by atoms with E-state index in [0.717, 1.165) is 0 Å². The van der Waals surface area contributed by atoms with Gasteiger partial charge in [0.15, 0.2) is 18.1 Å². The largest absolute Gasteiger partial charge is 0.481 e. The fourth-order valence-corrected chi connectivity index (χ4v) is 7.68. The summed E-state index contributed by atoms with van der Waals surface area (Å²) in [5, 5.41) is 31.8. The normalized spacial score (nSPS) is 44.1. The van der Waals surface area contributed by atoms with Gasteiger partial charge in [-0.05, 0) is 56.6 Å². The number of allylic oxidation sites excluding steroid dienone is 4. The molecule has 4 aliphatic carbocycles. The van der Waals surface area contributed by atoms with Crippen molar-refractivity contribution in [2.45, 2.75) is 76.7 Å². The van der Waals surface area contributed by atoms with Crippen molar-refractivity contribution in [1.29, 1.82) is 0 Å². The number of carbonyl (C=O) groups is 4. The summed E-state index contributed by atoms with van der Waals surface area (Å²) in [5.74, 6) is -4.63. The van der Waals surface area contributed by atoms with Gasteiger partial charge < -0.3 is 20.1 Å². The number of aliphatic hydroxyl groups is 2. The first-order valence-corrected chi connectivity index (χ1v) is 12.2. The van der Waals surface area contributed by atoms with Crippen molar-refractivity contribution in [2.24, 2.45) is 28.6 Å². The van der Waals surface area contributed by atoms with Gasteiger partial charge in [-0.1, -0.05) is 25.5 Å². The van der Waals surface area contributed by atoms with Crippen molar-refractivity contribution in [1.82, 2.24) is 0 Å². The molecule has 35 heavy (non-hydrogen) atoms. The number of carboxylic acids is 1. The zero-order chi connectivity index (χ0) is 26.0. The van der Waals surface area contributed by atoms with Crippen LogP contribution in [0.3, 0.4) is 0 Å². The number of ketones is 2. The summed E-state index contributed by atoms with van der Waals surface area (Å²) >= 11 is 0. The molecule has 0 aliphatic heterocycles. The third-order valence-electron chi connectivity index (χ3n) is 9.55. The van der Waals surface area contributed by atoms with Crippen molar-refractivity contribution < 1.29 is 43.6 Å². The van der Waals surface area contributed by atoms with Crippen LogP contribution in [0, 0.1) is 28.6 Å². The Bertz CT molecular complexity index is 1030. The summed E-state index contributed by atoms with van der Waals surface area (Å²) in [7, 11) is 0. The first kappa shape index (κ1) is 25.7. The highest BCUT2D eigenvalue weighted by atomic mass is 19.1. The van der Waals surface area contributed by atoms with E-state index in [2.05, 4.69) is 0 Å². The molecule has 3 fully saturated rings. The number of carboxylic acid groups (broad SMARTS) is 1. The van der Waals surface area contributed by atoms with Crippen LogP contribution < -0.4 is 0 Å². The van der Waals surface area contributed by atoms with Crippen LogP contribution >= 0.6 is 0 Å². The fraction of sp³-hybridized carbons (Fsp3) is 0.692. The molecule has 0 aromatic rings. The molecular formula is C26H33FO8. The molecule has 192 valence electrons. The highest BCUT2D eigenvalue weighted by molar-refractivity contribution is 6.01. The van der Waals surface area contributed by atoms with E-state index in [0.29, 0.717) is 24.8 Å². The Morgan fingerprint density at radius 3 is 2.54 bits per heavy atom. The van der Waals surface area contributed by atoms with Gasteiger partial charge in [-0.25, -0.2) is 4.39 Å². The Morgan fingerprint density at radius 2 is 1.89 bits per heavy atom. The van der Waals surface area contributed by atoms with E-state index in [1.54, 1.807) is 26.8 Å². The first-order chi connectivity index (χ1) is 16.2. The van der Waals surface area contributed by atoms with Crippen LogP contribution in [0.2, 0.25) is 0 Å². The van der Waals surface area contributed by atoms with Gasteiger partial charge in [0.25, 0.3) is 0 Å². The number of carbonyl (C=O) groups excluding carboxylic acids is 3. The van der Waals surface area contributed by atoms with Gasteiger partial charge in [0.05, 0.1) is 18.9 Å². The van der Waals surface area contributed by atoms with Gasteiger partial charge in [0, 0.05) is 16.7 Å². The number of hydrogen-bond donors (Lipinski definition) is 3. The second kappa shape index (κ2) is 8.34. The van der Waals surface area contributed by atoms with Crippen LogP contribution in [0.15, 0.2) is 23.8 Å². The molecule has 0 heterocycles. The fourth-order valence-electron chi connectivity index (χ4n) is 7.68. The van der Waals surface area contributed by atoms with Crippen molar-refractivity contribution in [3.8, 4) is 0 Å². The number of rotatable bonds is 6. The Morgan fingerprint density at radius 1 is 1.20 bits per heavy atom. The molecule has 3 N–H and O–H groups in total. The Labute approximate surface area is 203 Å². The Hall–Kier alpha value is -2.39. The molecule has 0 amide bonds. The molecular weight excluding hydrogens is 459 g/mol. The zero-order valence-electron chi connectivity index (χ0n) is 20.3. The van der Waals surface area contributed by atoms with E-state index < -0.39 is 83.1 Å². The maximum Gasteiger partial charge on any atom is 0.306 e. The summed E-state index contributed by atoms with van der Waals surface area (Å²) in [5.41, 5.74) is -5.71. The van der Waals surface area contributed by atoms with Crippen LogP contribution in [-0.4, -0.2) is 62.8 Å². The van der Waals surface area contributed by atoms with Crippen molar-refractivity contribution in [2.75, 3.05) is 6.61 Å². The van der Waals surface area contributed by atoms with Crippen molar-refractivity contribution in [3.05, 3.63) is 23.8 Å². The topological polar surface area (TPSA) is 138 Å². The number of aliphatic carboxylic acids is 1. The number of aliphatic hydroxyl groups excluding tert-OH is 1. The molecule has 9 heteroatoms. The molecule has 0 unspecified atom stereocenters. The number of Topliss-reactive ketones (excluding diaryl/α,β-unsaturated/α-hetero) is 1. The van der Waals surface area contributed by atoms with Crippen molar-refractivity contribution >= 4 is 23.5 Å². The maximum atomic E-state index is 17.1. The van der Waals surface area contributed by atoms with E-state index >= 15 is 4.39 Å². The summed E-state index contributed by atoms with van der Waals surface area (Å²) in [6.07, 6.45) is 3.04. The Kier molecular flexibility index (Phi) is 6.12. The summed E-state index contributed by atoms with van der Waals surface area (Å²) in [6.45, 7) is 4.38. The molecule has 0 bridgehead atoms. The quantitative estimate of drug-likeness (QED) is 0.480. The minimum atomic E-state index is -2.07. The first-order valence-electron chi connectivity index (χ1n) is 12.2. The summed E-state index contributed by atoms with van der Waals surface area (Å²) in [4.78, 5) is 47.7. The lowest BCUT2D eigenvalue weighted by Crippen LogP contribution is -2.69. The standard InChI is InChI=1S/C26H33FO8/c1-14-10-18-17-5-4-15-11-16(28)8-9-23(15,2)25(17,27)19(29)12-24(18,3)26(14,34)20(30)13-35-22(33)7-6-21(31)32/h8-9,11,14,17-19,29,34H,4-7,10,12-13H2,1-3H3,(H,31,32)/t14-,17-,18-,19-,23-,24-,25+,26-/m0/s1. The predicted octanol–water partition coefficient (Wildman–Crippen LogP) is 2.31. The summed E-state index contributed by atoms with van der Waals surface area (Å²) in [6, 6.07) is 0. The lowest BCUT2D eigenvalue weighted by molar-refractivity contribution is -0.220. The minimum Gasteiger partial charge on any atom is -0.481 e. The van der Waals surface area contributed by atoms with Crippen LogP contribution in [0.4, 0.5) is 4.39 Å². The van der Waals surface area contributed by atoms with Gasteiger partial charge in [-0.15, -0.1) is 0 Å². The molecule has 4 aliphatic rings. The van der Waals surface area contributed by atoms with Gasteiger partial charge in [0.1, 0.15) is 5.60 Å². The average Bonchev–Trinajstić information content (AvgIpc) is 2.99. The third kappa shape index (κ3) is 3.45. The van der Waals surface area contributed by atoms with E-state index in [1.807, 2.05) is 0 Å². The lowest BCUT2D eigenvalue weighted by atomic mass is 9.44. The lowest BCUT2D eigenvalue weighted by Gasteiger charge is -2.62. The van der Waals surface area contributed by atoms with Crippen LogP contribution in [-0.2, 0) is 23.9 Å². The molecule has 8 nitrogen and oxygen atoms in total. The van der Waals surface area contributed by atoms with Gasteiger partial charge >= 0.3 is 11.9 Å². The summed E-state index contributed by atoms with van der Waals surface area (Å²) < 4.78 is 22.1. The number of esters is 1.